The molecule has 0 amide bonds. The number of aliphatic carboxylic acids is 1. The lowest BCUT2D eigenvalue weighted by Gasteiger charge is -2.13. The maximum atomic E-state index is 10.8. The van der Waals surface area contributed by atoms with E-state index in [2.05, 4.69) is 0 Å². The summed E-state index contributed by atoms with van der Waals surface area (Å²) in [4.78, 5) is 10.8. The van der Waals surface area contributed by atoms with Crippen LogP contribution in [0.25, 0.3) is 0 Å². The molecule has 0 aromatic heterocycles. The van der Waals surface area contributed by atoms with Crippen LogP contribution in [0.4, 0.5) is 0 Å². The monoisotopic (exact) mass is 196 g/mol. The molecule has 4 nitrogen and oxygen atoms in total. The average molecular weight is 196 g/mol. The Labute approximate surface area is 81.8 Å². The molecule has 0 bridgehead atoms. The summed E-state index contributed by atoms with van der Waals surface area (Å²) >= 11 is 0. The Morgan fingerprint density at radius 2 is 2.14 bits per heavy atom. The van der Waals surface area contributed by atoms with Gasteiger partial charge >= 0.3 is 5.97 Å². The third-order valence-electron chi connectivity index (χ3n) is 2.00. The molecule has 0 fully saturated rings. The zero-order valence-corrected chi connectivity index (χ0v) is 7.80. The van der Waals surface area contributed by atoms with Gasteiger partial charge in [-0.25, -0.2) is 0 Å². The Bertz CT molecular complexity index is 322. The number of carboxylic acids is 1. The van der Waals surface area contributed by atoms with Crippen molar-refractivity contribution in [2.45, 2.75) is 5.92 Å². The molecule has 0 aliphatic carbocycles. The van der Waals surface area contributed by atoms with Gasteiger partial charge in [0.2, 0.25) is 0 Å². The zero-order valence-electron chi connectivity index (χ0n) is 7.80. The summed E-state index contributed by atoms with van der Waals surface area (Å²) in [6, 6.07) is 6.76. The van der Waals surface area contributed by atoms with Crippen molar-refractivity contribution in [2.75, 3.05) is 13.7 Å². The number of benzene rings is 1. The van der Waals surface area contributed by atoms with Gasteiger partial charge in [-0.15, -0.1) is 0 Å². The smallest absolute Gasteiger partial charge is 0.313 e. The molecule has 0 saturated carbocycles. The van der Waals surface area contributed by atoms with E-state index in [1.54, 1.807) is 24.3 Å². The maximum Gasteiger partial charge on any atom is 0.313 e. The van der Waals surface area contributed by atoms with Gasteiger partial charge in [0.25, 0.3) is 0 Å². The molecule has 0 spiro atoms. The number of hydrogen-bond acceptors (Lipinski definition) is 3. The van der Waals surface area contributed by atoms with Crippen LogP contribution in [0.2, 0.25) is 0 Å². The van der Waals surface area contributed by atoms with Gasteiger partial charge in [-0.2, -0.15) is 0 Å². The molecule has 2 N–H and O–H groups in total. The normalized spacial score (nSPS) is 12.1. The third-order valence-corrected chi connectivity index (χ3v) is 2.00. The van der Waals surface area contributed by atoms with E-state index < -0.39 is 18.5 Å². The van der Waals surface area contributed by atoms with Crippen LogP contribution in [0, 0.1) is 0 Å². The largest absolute Gasteiger partial charge is 0.496 e. The quantitative estimate of drug-likeness (QED) is 0.749. The Morgan fingerprint density at radius 3 is 2.64 bits per heavy atom. The first kappa shape index (κ1) is 10.5. The molecule has 1 aromatic carbocycles. The second kappa shape index (κ2) is 4.62. The lowest BCUT2D eigenvalue weighted by molar-refractivity contribution is -0.139. The number of rotatable bonds is 4. The van der Waals surface area contributed by atoms with Crippen LogP contribution in [-0.2, 0) is 4.79 Å². The number of ether oxygens (including phenoxy) is 1. The number of aliphatic hydroxyl groups is 1. The van der Waals surface area contributed by atoms with Gasteiger partial charge < -0.3 is 14.9 Å². The summed E-state index contributed by atoms with van der Waals surface area (Å²) in [5, 5.41) is 17.8. The van der Waals surface area contributed by atoms with E-state index in [4.69, 9.17) is 14.9 Å². The molecule has 0 aliphatic heterocycles. The minimum absolute atomic E-state index is 0.435. The van der Waals surface area contributed by atoms with E-state index in [1.165, 1.54) is 7.11 Å². The number of methoxy groups -OCH3 is 1. The van der Waals surface area contributed by atoms with Crippen molar-refractivity contribution in [2.24, 2.45) is 0 Å². The Balaban J connectivity index is 3.08. The predicted molar refractivity (Wildman–Crippen MR) is 50.5 cm³/mol. The highest BCUT2D eigenvalue weighted by molar-refractivity contribution is 5.77. The van der Waals surface area contributed by atoms with Gasteiger partial charge in [0.1, 0.15) is 11.7 Å². The van der Waals surface area contributed by atoms with Crippen LogP contribution in [0.1, 0.15) is 11.5 Å². The van der Waals surface area contributed by atoms with Gasteiger partial charge in [0, 0.05) is 5.56 Å². The molecule has 0 saturated heterocycles. The summed E-state index contributed by atoms with van der Waals surface area (Å²) in [7, 11) is 1.47. The molecule has 14 heavy (non-hydrogen) atoms. The molecule has 4 heteroatoms. The van der Waals surface area contributed by atoms with Crippen LogP contribution in [0.3, 0.4) is 0 Å². The fraction of sp³-hybridized carbons (Fsp3) is 0.300. The number of carbonyl (C=O) groups is 1. The Morgan fingerprint density at radius 1 is 1.50 bits per heavy atom. The van der Waals surface area contributed by atoms with E-state index in [0.717, 1.165) is 0 Å². The number of para-hydroxylation sites is 1. The van der Waals surface area contributed by atoms with Crippen LogP contribution in [-0.4, -0.2) is 29.9 Å². The molecule has 0 heterocycles. The van der Waals surface area contributed by atoms with Gasteiger partial charge in [0.05, 0.1) is 13.7 Å². The molecule has 0 radical (unpaired) electrons. The van der Waals surface area contributed by atoms with Crippen LogP contribution < -0.4 is 4.74 Å². The van der Waals surface area contributed by atoms with Crippen molar-refractivity contribution in [1.82, 2.24) is 0 Å². The predicted octanol–water partition coefficient (Wildman–Crippen LogP) is 0.856. The fourth-order valence-corrected chi connectivity index (χ4v) is 1.26. The number of carboxylic acid groups (broad SMARTS) is 1. The maximum absolute atomic E-state index is 10.8. The summed E-state index contributed by atoms with van der Waals surface area (Å²) < 4.78 is 5.00. The first-order chi connectivity index (χ1) is 6.70. The summed E-state index contributed by atoms with van der Waals surface area (Å²) in [6.45, 7) is -0.435. The molecular formula is C10H12O4. The van der Waals surface area contributed by atoms with E-state index in [-0.39, 0.29) is 0 Å². The van der Waals surface area contributed by atoms with E-state index in [1.807, 2.05) is 0 Å². The van der Waals surface area contributed by atoms with Gasteiger partial charge in [-0.1, -0.05) is 18.2 Å². The Hall–Kier alpha value is -1.55. The molecule has 0 aliphatic rings. The van der Waals surface area contributed by atoms with Gasteiger partial charge in [-0.05, 0) is 6.07 Å². The minimum Gasteiger partial charge on any atom is -0.496 e. The molecule has 1 aromatic rings. The molecule has 0 unspecified atom stereocenters. The summed E-state index contributed by atoms with van der Waals surface area (Å²) in [5.74, 6) is -1.50. The molecule has 76 valence electrons. The van der Waals surface area contributed by atoms with Crippen molar-refractivity contribution in [3.63, 3.8) is 0 Å². The van der Waals surface area contributed by atoms with E-state index in [9.17, 15) is 4.79 Å². The van der Waals surface area contributed by atoms with Crippen molar-refractivity contribution >= 4 is 5.97 Å². The lowest BCUT2D eigenvalue weighted by atomic mass is 9.99. The topological polar surface area (TPSA) is 66.8 Å². The standard InChI is InChI=1S/C10H12O4/c1-14-9-5-3-2-4-7(9)8(6-11)10(12)13/h2-5,8,11H,6H2,1H3,(H,12,13)/t8-/m1/s1. The van der Waals surface area contributed by atoms with E-state index in [0.29, 0.717) is 11.3 Å². The van der Waals surface area contributed by atoms with Crippen molar-refractivity contribution in [3.8, 4) is 5.75 Å². The Kier molecular flexibility index (Phi) is 3.48. The molecular weight excluding hydrogens is 184 g/mol. The highest BCUT2D eigenvalue weighted by Crippen LogP contribution is 2.26. The third kappa shape index (κ3) is 2.03. The number of aliphatic hydroxyl groups excluding tert-OH is 1. The van der Waals surface area contributed by atoms with Gasteiger partial charge in [0.15, 0.2) is 0 Å². The highest BCUT2D eigenvalue weighted by atomic mass is 16.5. The van der Waals surface area contributed by atoms with E-state index >= 15 is 0 Å². The van der Waals surface area contributed by atoms with Crippen molar-refractivity contribution in [3.05, 3.63) is 29.8 Å². The molecule has 1 atom stereocenters. The van der Waals surface area contributed by atoms with Gasteiger partial charge in [-0.3, -0.25) is 4.79 Å². The second-order valence-corrected chi connectivity index (χ2v) is 2.82. The lowest BCUT2D eigenvalue weighted by Crippen LogP contribution is -2.16. The number of hydrogen-bond donors (Lipinski definition) is 2. The average Bonchev–Trinajstić information content (AvgIpc) is 2.19. The van der Waals surface area contributed by atoms with Crippen LogP contribution in [0.15, 0.2) is 24.3 Å². The summed E-state index contributed by atoms with van der Waals surface area (Å²) in [6.07, 6.45) is 0. The zero-order chi connectivity index (χ0) is 10.6. The minimum atomic E-state index is -1.06. The van der Waals surface area contributed by atoms with Crippen LogP contribution in [0.5, 0.6) is 5.75 Å². The second-order valence-electron chi connectivity index (χ2n) is 2.82. The van der Waals surface area contributed by atoms with Crippen molar-refractivity contribution < 1.29 is 19.7 Å². The highest BCUT2D eigenvalue weighted by Gasteiger charge is 2.21. The summed E-state index contributed by atoms with van der Waals surface area (Å²) in [5.41, 5.74) is 0.491. The molecule has 1 rings (SSSR count). The first-order valence-corrected chi connectivity index (χ1v) is 4.17. The van der Waals surface area contributed by atoms with Crippen LogP contribution >= 0.6 is 0 Å². The first-order valence-electron chi connectivity index (χ1n) is 4.17. The SMILES string of the molecule is COc1ccccc1[C@@H](CO)C(=O)O. The fourth-order valence-electron chi connectivity index (χ4n) is 1.26. The van der Waals surface area contributed by atoms with Crippen molar-refractivity contribution in [1.29, 1.82) is 0 Å².